The van der Waals surface area contributed by atoms with Gasteiger partial charge in [0.15, 0.2) is 5.96 Å². The van der Waals surface area contributed by atoms with Crippen LogP contribution in [-0.2, 0) is 13.0 Å². The lowest BCUT2D eigenvalue weighted by Gasteiger charge is -2.39. The fourth-order valence-electron chi connectivity index (χ4n) is 6.23. The first-order valence-electron chi connectivity index (χ1n) is 15.0. The molecular formula is C32H43FN6O2. The molecule has 5 rings (SSSR count). The maximum atomic E-state index is 14.4. The van der Waals surface area contributed by atoms with Crippen molar-refractivity contribution in [3.05, 3.63) is 64.5 Å². The largest absolute Gasteiger partial charge is 0.497 e. The summed E-state index contributed by atoms with van der Waals surface area (Å²) in [5.41, 5.74) is 1.87. The molecule has 3 unspecified atom stereocenters. The highest BCUT2D eigenvalue weighted by molar-refractivity contribution is 5.96. The molecule has 0 bridgehead atoms. The number of ether oxygens (including phenoxy) is 1. The van der Waals surface area contributed by atoms with Crippen molar-refractivity contribution in [3.8, 4) is 5.75 Å². The van der Waals surface area contributed by atoms with E-state index in [0.29, 0.717) is 53.2 Å². The lowest BCUT2D eigenvalue weighted by molar-refractivity contribution is 0.251. The molecule has 2 aliphatic rings. The topological polar surface area (TPSA) is 83.8 Å². The number of anilines is 1. The third kappa shape index (κ3) is 7.07. The van der Waals surface area contributed by atoms with Crippen molar-refractivity contribution in [3.63, 3.8) is 0 Å². The summed E-state index contributed by atoms with van der Waals surface area (Å²) in [6, 6.07) is 11.4. The molecule has 1 saturated heterocycles. The van der Waals surface area contributed by atoms with Gasteiger partial charge in [0.2, 0.25) is 0 Å². The molecule has 9 heteroatoms. The van der Waals surface area contributed by atoms with Gasteiger partial charge in [0.05, 0.1) is 30.4 Å². The van der Waals surface area contributed by atoms with E-state index in [1.807, 2.05) is 18.2 Å². The Morgan fingerprint density at radius 3 is 2.61 bits per heavy atom. The molecule has 2 N–H and O–H groups in total. The van der Waals surface area contributed by atoms with Crippen molar-refractivity contribution in [1.82, 2.24) is 19.8 Å². The van der Waals surface area contributed by atoms with Crippen molar-refractivity contribution in [2.45, 2.75) is 84.0 Å². The zero-order chi connectivity index (χ0) is 28.9. The van der Waals surface area contributed by atoms with Crippen LogP contribution in [0.2, 0.25) is 0 Å². The average molecular weight is 563 g/mol. The lowest BCUT2D eigenvalue weighted by Crippen LogP contribution is -2.57. The fourth-order valence-corrected chi connectivity index (χ4v) is 6.23. The Bertz CT molecular complexity index is 1420. The van der Waals surface area contributed by atoms with Crippen LogP contribution in [0.1, 0.15) is 58.4 Å². The van der Waals surface area contributed by atoms with E-state index in [2.05, 4.69) is 41.3 Å². The van der Waals surface area contributed by atoms with Gasteiger partial charge < -0.3 is 20.3 Å². The quantitative estimate of drug-likeness (QED) is 0.304. The smallest absolute Gasteiger partial charge is 0.261 e. The van der Waals surface area contributed by atoms with Crippen LogP contribution in [0.4, 0.5) is 10.1 Å². The van der Waals surface area contributed by atoms with Gasteiger partial charge in [-0.05, 0) is 75.8 Å². The molecule has 3 aromatic rings. The SMILES string of the molecule is COc1ccc(CCn2cnc3cc(NC(=NC(C)C4CCCCC4)N4CC(C)NC(C)C4)ccc3c2=O)c(F)c1. The number of piperazine rings is 1. The highest BCUT2D eigenvalue weighted by atomic mass is 19.1. The van der Waals surface area contributed by atoms with E-state index < -0.39 is 0 Å². The van der Waals surface area contributed by atoms with Crippen LogP contribution in [0.3, 0.4) is 0 Å². The van der Waals surface area contributed by atoms with Gasteiger partial charge in [0.25, 0.3) is 5.56 Å². The number of hydrogen-bond acceptors (Lipinski definition) is 5. The first-order valence-corrected chi connectivity index (χ1v) is 15.0. The van der Waals surface area contributed by atoms with E-state index in [0.717, 1.165) is 24.7 Å². The van der Waals surface area contributed by atoms with E-state index in [9.17, 15) is 9.18 Å². The van der Waals surface area contributed by atoms with E-state index in [1.165, 1.54) is 45.3 Å². The number of rotatable bonds is 7. The summed E-state index contributed by atoms with van der Waals surface area (Å²) < 4.78 is 21.0. The Labute approximate surface area is 242 Å². The summed E-state index contributed by atoms with van der Waals surface area (Å²) in [4.78, 5) is 25.4. The normalized spacial score (nSPS) is 21.2. The molecule has 1 aliphatic carbocycles. The number of nitrogens with zero attached hydrogens (tertiary/aromatic N) is 4. The standard InChI is InChI=1S/C32H43FN6O2/c1-21-18-39(19-22(2)35-21)32(36-23(3)24-8-6-5-7-9-24)37-26-11-13-28-30(16-26)34-20-38(31(28)40)15-14-25-10-12-27(41-4)17-29(25)33/h10-13,16-17,20-24,35H,5-9,14-15,18-19H2,1-4H3,(H,36,37). The number of hydrogen-bond donors (Lipinski definition) is 2. The molecule has 220 valence electrons. The third-order valence-corrected chi connectivity index (χ3v) is 8.48. The first kappa shape index (κ1) is 29.0. The Kier molecular flexibility index (Phi) is 9.22. The molecule has 2 aromatic carbocycles. The van der Waals surface area contributed by atoms with Gasteiger partial charge in [-0.1, -0.05) is 25.3 Å². The molecule has 1 aliphatic heterocycles. The number of aliphatic imine (C=N–C) groups is 1. The van der Waals surface area contributed by atoms with Crippen LogP contribution in [0.5, 0.6) is 5.75 Å². The molecule has 2 heterocycles. The second-order valence-electron chi connectivity index (χ2n) is 11.8. The highest BCUT2D eigenvalue weighted by Crippen LogP contribution is 2.28. The molecule has 0 spiro atoms. The minimum absolute atomic E-state index is 0.139. The van der Waals surface area contributed by atoms with E-state index >= 15 is 0 Å². The van der Waals surface area contributed by atoms with Crippen molar-refractivity contribution in [1.29, 1.82) is 0 Å². The highest BCUT2D eigenvalue weighted by Gasteiger charge is 2.26. The number of halogens is 1. The summed E-state index contributed by atoms with van der Waals surface area (Å²) in [6.07, 6.45) is 8.32. The van der Waals surface area contributed by atoms with Crippen molar-refractivity contribution in [2.75, 3.05) is 25.5 Å². The van der Waals surface area contributed by atoms with Crippen LogP contribution in [0.15, 0.2) is 52.5 Å². The van der Waals surface area contributed by atoms with Gasteiger partial charge >= 0.3 is 0 Å². The number of fused-ring (bicyclic) bond motifs is 1. The molecular weight excluding hydrogens is 519 g/mol. The zero-order valence-electron chi connectivity index (χ0n) is 24.7. The summed E-state index contributed by atoms with van der Waals surface area (Å²) >= 11 is 0. The second-order valence-corrected chi connectivity index (χ2v) is 11.8. The predicted molar refractivity (Wildman–Crippen MR) is 163 cm³/mol. The summed E-state index contributed by atoms with van der Waals surface area (Å²) in [5.74, 6) is 1.63. The van der Waals surface area contributed by atoms with Crippen molar-refractivity contribution in [2.24, 2.45) is 10.9 Å². The van der Waals surface area contributed by atoms with Crippen LogP contribution in [-0.4, -0.2) is 58.7 Å². The predicted octanol–water partition coefficient (Wildman–Crippen LogP) is 5.21. The summed E-state index contributed by atoms with van der Waals surface area (Å²) in [5, 5.41) is 7.74. The monoisotopic (exact) mass is 562 g/mol. The van der Waals surface area contributed by atoms with E-state index in [1.54, 1.807) is 23.0 Å². The minimum atomic E-state index is -0.342. The third-order valence-electron chi connectivity index (χ3n) is 8.48. The van der Waals surface area contributed by atoms with Crippen LogP contribution < -0.4 is 20.9 Å². The van der Waals surface area contributed by atoms with E-state index in [4.69, 9.17) is 9.73 Å². The molecule has 8 nitrogen and oxygen atoms in total. The average Bonchev–Trinajstić information content (AvgIpc) is 2.97. The molecule has 3 atom stereocenters. The molecule has 0 amide bonds. The molecule has 41 heavy (non-hydrogen) atoms. The second kappa shape index (κ2) is 13.0. The van der Waals surface area contributed by atoms with Gasteiger partial charge in [0.1, 0.15) is 11.6 Å². The number of benzene rings is 2. The number of methoxy groups -OCH3 is 1. The van der Waals surface area contributed by atoms with Crippen LogP contribution in [0, 0.1) is 11.7 Å². The van der Waals surface area contributed by atoms with Crippen LogP contribution in [0.25, 0.3) is 10.9 Å². The first-order chi connectivity index (χ1) is 19.8. The molecule has 0 radical (unpaired) electrons. The molecule has 1 saturated carbocycles. The maximum Gasteiger partial charge on any atom is 0.261 e. The van der Waals surface area contributed by atoms with Gasteiger partial charge in [-0.15, -0.1) is 0 Å². The molecule has 2 fully saturated rings. The number of aromatic nitrogens is 2. The minimum Gasteiger partial charge on any atom is -0.497 e. The van der Waals surface area contributed by atoms with E-state index in [-0.39, 0.29) is 17.4 Å². The Hall–Kier alpha value is -3.46. The lowest BCUT2D eigenvalue weighted by atomic mass is 9.85. The zero-order valence-corrected chi connectivity index (χ0v) is 24.7. The summed E-state index contributed by atoms with van der Waals surface area (Å²) in [6.45, 7) is 8.74. The van der Waals surface area contributed by atoms with Gasteiger partial charge in [0, 0.05) is 43.5 Å². The number of nitrogens with one attached hydrogen (secondary N) is 2. The van der Waals surface area contributed by atoms with Crippen molar-refractivity contribution >= 4 is 22.5 Å². The van der Waals surface area contributed by atoms with Gasteiger partial charge in [-0.3, -0.25) is 9.36 Å². The summed E-state index contributed by atoms with van der Waals surface area (Å²) in [7, 11) is 1.51. The Balaban J connectivity index is 1.36. The van der Waals surface area contributed by atoms with Crippen molar-refractivity contribution < 1.29 is 9.13 Å². The molecule has 1 aromatic heterocycles. The van der Waals surface area contributed by atoms with Gasteiger partial charge in [-0.25, -0.2) is 14.4 Å². The van der Waals surface area contributed by atoms with Gasteiger partial charge in [-0.2, -0.15) is 0 Å². The Morgan fingerprint density at radius 1 is 1.15 bits per heavy atom. The number of aryl methyl sites for hydroxylation is 2. The van der Waals surface area contributed by atoms with Crippen LogP contribution >= 0.6 is 0 Å². The maximum absolute atomic E-state index is 14.4. The Morgan fingerprint density at radius 2 is 1.90 bits per heavy atom. The fraction of sp³-hybridized carbons (Fsp3) is 0.531. The number of guanidine groups is 1.